The molecule has 7 heteroatoms. The highest BCUT2D eigenvalue weighted by Gasteiger charge is 2.61. The fourth-order valence-electron chi connectivity index (χ4n) is 0.925. The van der Waals surface area contributed by atoms with Gasteiger partial charge in [-0.3, -0.25) is 5.73 Å². The van der Waals surface area contributed by atoms with E-state index < -0.39 is 18.0 Å². The van der Waals surface area contributed by atoms with Crippen LogP contribution in [0.3, 0.4) is 0 Å². The summed E-state index contributed by atoms with van der Waals surface area (Å²) in [7, 11) is 0. The zero-order chi connectivity index (χ0) is 12.4. The quantitative estimate of drug-likeness (QED) is 0.747. The third kappa shape index (κ3) is 2.82. The SMILES string of the molecule is [NH]Cc1cccc(OC(F)(F)C(F)(F)F)c1. The summed E-state index contributed by atoms with van der Waals surface area (Å²) >= 11 is 0. The molecule has 0 amide bonds. The van der Waals surface area contributed by atoms with Gasteiger partial charge in [-0.1, -0.05) is 12.1 Å². The third-order valence-electron chi connectivity index (χ3n) is 1.68. The first kappa shape index (κ1) is 12.7. The van der Waals surface area contributed by atoms with E-state index in [2.05, 4.69) is 4.74 Å². The summed E-state index contributed by atoms with van der Waals surface area (Å²) in [6.45, 7) is -0.227. The number of alkyl halides is 5. The number of rotatable bonds is 3. The second-order valence-electron chi connectivity index (χ2n) is 2.94. The summed E-state index contributed by atoms with van der Waals surface area (Å²) in [6, 6.07) is 4.60. The average Bonchev–Trinajstić information content (AvgIpc) is 2.15. The van der Waals surface area contributed by atoms with Crippen LogP contribution in [-0.2, 0) is 6.54 Å². The van der Waals surface area contributed by atoms with Crippen molar-refractivity contribution in [3.8, 4) is 5.75 Å². The summed E-state index contributed by atoms with van der Waals surface area (Å²) in [5.41, 5.74) is 7.22. The highest BCUT2D eigenvalue weighted by atomic mass is 19.4. The van der Waals surface area contributed by atoms with Crippen molar-refractivity contribution in [2.75, 3.05) is 0 Å². The highest BCUT2D eigenvalue weighted by Crippen LogP contribution is 2.37. The highest BCUT2D eigenvalue weighted by molar-refractivity contribution is 5.28. The fourth-order valence-corrected chi connectivity index (χ4v) is 0.925. The van der Waals surface area contributed by atoms with Gasteiger partial charge >= 0.3 is 12.3 Å². The molecule has 1 radical (unpaired) electrons. The van der Waals surface area contributed by atoms with E-state index in [1.165, 1.54) is 12.1 Å². The maximum atomic E-state index is 12.5. The minimum Gasteiger partial charge on any atom is -0.426 e. The van der Waals surface area contributed by atoms with E-state index in [1.54, 1.807) is 0 Å². The molecule has 0 spiro atoms. The van der Waals surface area contributed by atoms with E-state index in [1.807, 2.05) is 0 Å². The summed E-state index contributed by atoms with van der Waals surface area (Å²) < 4.78 is 63.9. The summed E-state index contributed by atoms with van der Waals surface area (Å²) in [6.07, 6.45) is -11.0. The molecule has 0 fully saturated rings. The smallest absolute Gasteiger partial charge is 0.426 e. The van der Waals surface area contributed by atoms with Gasteiger partial charge in [0, 0.05) is 6.54 Å². The second-order valence-corrected chi connectivity index (χ2v) is 2.94. The van der Waals surface area contributed by atoms with E-state index in [0.717, 1.165) is 12.1 Å². The number of hydrogen-bond acceptors (Lipinski definition) is 1. The molecular weight excluding hydrogens is 233 g/mol. The van der Waals surface area contributed by atoms with Gasteiger partial charge in [-0.2, -0.15) is 22.0 Å². The third-order valence-corrected chi connectivity index (χ3v) is 1.68. The molecule has 1 aromatic carbocycles. The molecule has 0 saturated heterocycles. The van der Waals surface area contributed by atoms with Crippen LogP contribution in [0, 0.1) is 0 Å². The lowest BCUT2D eigenvalue weighted by molar-refractivity contribution is -0.360. The van der Waals surface area contributed by atoms with E-state index in [9.17, 15) is 22.0 Å². The normalized spacial score (nSPS) is 12.6. The topological polar surface area (TPSA) is 33.0 Å². The lowest BCUT2D eigenvalue weighted by Gasteiger charge is -2.20. The molecule has 0 saturated carbocycles. The summed E-state index contributed by atoms with van der Waals surface area (Å²) in [4.78, 5) is 0. The van der Waals surface area contributed by atoms with Crippen molar-refractivity contribution >= 4 is 0 Å². The second kappa shape index (κ2) is 4.25. The first-order valence-corrected chi connectivity index (χ1v) is 4.13. The van der Waals surface area contributed by atoms with Crippen LogP contribution in [0.5, 0.6) is 5.75 Å². The van der Waals surface area contributed by atoms with Crippen LogP contribution >= 0.6 is 0 Å². The molecule has 0 aliphatic carbocycles. The predicted octanol–water partition coefficient (Wildman–Crippen LogP) is 3.00. The first-order chi connectivity index (χ1) is 7.26. The Bertz CT molecular complexity index is 363. The molecule has 0 bridgehead atoms. The van der Waals surface area contributed by atoms with E-state index in [0.29, 0.717) is 0 Å². The van der Waals surface area contributed by atoms with Crippen LogP contribution in [0.25, 0.3) is 0 Å². The molecule has 2 nitrogen and oxygen atoms in total. The lowest BCUT2D eigenvalue weighted by Crippen LogP contribution is -2.41. The maximum absolute atomic E-state index is 12.5. The van der Waals surface area contributed by atoms with Crippen molar-refractivity contribution in [3.05, 3.63) is 29.8 Å². The predicted molar refractivity (Wildman–Crippen MR) is 44.9 cm³/mol. The minimum atomic E-state index is -5.76. The molecule has 1 rings (SSSR count). The van der Waals surface area contributed by atoms with Gasteiger partial charge in [-0.15, -0.1) is 0 Å². The monoisotopic (exact) mass is 240 g/mol. The molecule has 1 N–H and O–H groups in total. The van der Waals surface area contributed by atoms with Gasteiger partial charge in [0.05, 0.1) is 0 Å². The zero-order valence-corrected chi connectivity index (χ0v) is 7.81. The summed E-state index contributed by atoms with van der Waals surface area (Å²) in [5, 5.41) is 0. The van der Waals surface area contributed by atoms with Crippen LogP contribution in [0.2, 0.25) is 0 Å². The molecule has 1 aromatic rings. The Labute approximate surface area is 87.8 Å². The Balaban J connectivity index is 2.88. The van der Waals surface area contributed by atoms with E-state index in [-0.39, 0.29) is 12.1 Å². The largest absolute Gasteiger partial charge is 0.499 e. The number of halogens is 5. The standard InChI is InChI=1S/C9H7F5NO/c10-8(11,12)9(13,14)16-7-3-1-2-6(4-7)5-15/h1-4,15H,5H2. The molecule has 16 heavy (non-hydrogen) atoms. The van der Waals surface area contributed by atoms with Gasteiger partial charge in [-0.25, -0.2) is 0 Å². The zero-order valence-electron chi connectivity index (χ0n) is 7.81. The minimum absolute atomic E-state index is 0.227. The van der Waals surface area contributed by atoms with Gasteiger partial charge in [0.25, 0.3) is 0 Å². The Hall–Kier alpha value is -1.37. The Morgan fingerprint density at radius 2 is 1.75 bits per heavy atom. The molecular formula is C9H7F5NO. The van der Waals surface area contributed by atoms with Crippen molar-refractivity contribution in [3.63, 3.8) is 0 Å². The molecule has 0 atom stereocenters. The van der Waals surface area contributed by atoms with Crippen LogP contribution in [0.15, 0.2) is 24.3 Å². The Morgan fingerprint density at radius 1 is 1.12 bits per heavy atom. The molecule has 0 aliphatic rings. The van der Waals surface area contributed by atoms with Crippen molar-refractivity contribution < 1.29 is 26.7 Å². The van der Waals surface area contributed by atoms with Gasteiger partial charge in [0.1, 0.15) is 5.75 Å². The fraction of sp³-hybridized carbons (Fsp3) is 0.333. The lowest BCUT2D eigenvalue weighted by atomic mass is 10.2. The molecule has 0 aliphatic heterocycles. The Kier molecular flexibility index (Phi) is 3.37. The first-order valence-electron chi connectivity index (χ1n) is 4.13. The van der Waals surface area contributed by atoms with Gasteiger partial charge < -0.3 is 4.74 Å². The van der Waals surface area contributed by atoms with Gasteiger partial charge in [0.2, 0.25) is 0 Å². The molecule has 89 valence electrons. The van der Waals surface area contributed by atoms with Gasteiger partial charge in [0.15, 0.2) is 0 Å². The molecule has 0 aromatic heterocycles. The number of benzene rings is 1. The maximum Gasteiger partial charge on any atom is 0.499 e. The van der Waals surface area contributed by atoms with Crippen molar-refractivity contribution in [1.29, 1.82) is 0 Å². The number of ether oxygens (including phenoxy) is 1. The van der Waals surface area contributed by atoms with Crippen molar-refractivity contribution in [1.82, 2.24) is 5.73 Å². The van der Waals surface area contributed by atoms with Crippen LogP contribution in [0.4, 0.5) is 22.0 Å². The van der Waals surface area contributed by atoms with Crippen molar-refractivity contribution in [2.24, 2.45) is 0 Å². The average molecular weight is 240 g/mol. The van der Waals surface area contributed by atoms with Crippen LogP contribution in [0.1, 0.15) is 5.56 Å². The van der Waals surface area contributed by atoms with Gasteiger partial charge in [-0.05, 0) is 17.7 Å². The Morgan fingerprint density at radius 3 is 2.25 bits per heavy atom. The molecule has 0 heterocycles. The molecule has 0 unspecified atom stereocenters. The van der Waals surface area contributed by atoms with E-state index in [4.69, 9.17) is 5.73 Å². The number of nitrogens with one attached hydrogen (secondary N) is 1. The van der Waals surface area contributed by atoms with Crippen LogP contribution < -0.4 is 10.5 Å². The summed E-state index contributed by atoms with van der Waals surface area (Å²) in [5.74, 6) is -0.618. The van der Waals surface area contributed by atoms with E-state index >= 15 is 0 Å². The van der Waals surface area contributed by atoms with Crippen molar-refractivity contribution in [2.45, 2.75) is 18.8 Å². The van der Waals surface area contributed by atoms with Crippen LogP contribution in [-0.4, -0.2) is 12.3 Å². The number of hydrogen-bond donors (Lipinski definition) is 0.